The summed E-state index contributed by atoms with van der Waals surface area (Å²) >= 11 is 0. The van der Waals surface area contributed by atoms with Crippen LogP contribution in [0, 0.1) is 0 Å². The SMILES string of the molecule is CCCc1cc(C(=O)OCC(=O)N(CC(=O)OCC)c2ccccc2)n[nH]1. The summed E-state index contributed by atoms with van der Waals surface area (Å²) in [6.07, 6.45) is 1.68. The molecule has 1 heterocycles. The van der Waals surface area contributed by atoms with Crippen LogP contribution >= 0.6 is 0 Å². The van der Waals surface area contributed by atoms with Crippen molar-refractivity contribution in [2.75, 3.05) is 24.7 Å². The van der Waals surface area contributed by atoms with Crippen LogP contribution in [0.15, 0.2) is 36.4 Å². The number of carbonyl (C=O) groups excluding carboxylic acids is 3. The molecule has 1 amide bonds. The van der Waals surface area contributed by atoms with Gasteiger partial charge in [0.1, 0.15) is 6.54 Å². The maximum Gasteiger partial charge on any atom is 0.359 e. The highest BCUT2D eigenvalue weighted by atomic mass is 16.5. The molecule has 1 N–H and O–H groups in total. The molecule has 0 aliphatic rings. The van der Waals surface area contributed by atoms with Crippen molar-refractivity contribution >= 4 is 23.5 Å². The third kappa shape index (κ3) is 5.95. The van der Waals surface area contributed by atoms with Gasteiger partial charge in [-0.25, -0.2) is 4.79 Å². The van der Waals surface area contributed by atoms with E-state index in [4.69, 9.17) is 9.47 Å². The lowest BCUT2D eigenvalue weighted by Gasteiger charge is -2.21. The van der Waals surface area contributed by atoms with Gasteiger partial charge in [0.15, 0.2) is 12.3 Å². The topological polar surface area (TPSA) is 102 Å². The highest BCUT2D eigenvalue weighted by Gasteiger charge is 2.22. The molecule has 0 bridgehead atoms. The second-order valence-electron chi connectivity index (χ2n) is 5.73. The Kier molecular flexibility index (Phi) is 7.54. The minimum Gasteiger partial charge on any atom is -0.465 e. The van der Waals surface area contributed by atoms with E-state index < -0.39 is 24.5 Å². The van der Waals surface area contributed by atoms with E-state index in [1.807, 2.05) is 6.92 Å². The van der Waals surface area contributed by atoms with Gasteiger partial charge < -0.3 is 9.47 Å². The molecule has 0 saturated heterocycles. The van der Waals surface area contributed by atoms with E-state index in [2.05, 4.69) is 10.2 Å². The van der Waals surface area contributed by atoms with Gasteiger partial charge in [-0.1, -0.05) is 31.5 Å². The molecular weight excluding hydrogens is 350 g/mol. The molecule has 0 spiro atoms. The van der Waals surface area contributed by atoms with Gasteiger partial charge >= 0.3 is 11.9 Å². The summed E-state index contributed by atoms with van der Waals surface area (Å²) in [5, 5.41) is 6.65. The number of aryl methyl sites for hydroxylation is 1. The second-order valence-corrected chi connectivity index (χ2v) is 5.73. The normalized spacial score (nSPS) is 10.3. The third-order valence-electron chi connectivity index (χ3n) is 3.65. The molecule has 0 radical (unpaired) electrons. The van der Waals surface area contributed by atoms with Gasteiger partial charge in [0.05, 0.1) is 6.61 Å². The fourth-order valence-electron chi connectivity index (χ4n) is 2.41. The predicted octanol–water partition coefficient (Wildman–Crippen LogP) is 2.12. The Morgan fingerprint density at radius 2 is 1.85 bits per heavy atom. The predicted molar refractivity (Wildman–Crippen MR) is 98.3 cm³/mol. The quantitative estimate of drug-likeness (QED) is 0.676. The van der Waals surface area contributed by atoms with Crippen molar-refractivity contribution in [1.29, 1.82) is 0 Å². The van der Waals surface area contributed by atoms with Crippen molar-refractivity contribution in [3.63, 3.8) is 0 Å². The number of amides is 1. The summed E-state index contributed by atoms with van der Waals surface area (Å²) in [5.74, 6) is -1.78. The molecule has 0 atom stereocenters. The lowest BCUT2D eigenvalue weighted by atomic mass is 10.2. The number of rotatable bonds is 9. The zero-order valence-electron chi connectivity index (χ0n) is 15.4. The van der Waals surface area contributed by atoms with Crippen LogP contribution < -0.4 is 4.90 Å². The van der Waals surface area contributed by atoms with E-state index in [9.17, 15) is 14.4 Å². The van der Waals surface area contributed by atoms with Crippen LogP contribution in [0.2, 0.25) is 0 Å². The molecule has 2 aromatic rings. The number of benzene rings is 1. The number of H-pyrrole nitrogens is 1. The fourth-order valence-corrected chi connectivity index (χ4v) is 2.41. The number of aromatic amines is 1. The molecule has 27 heavy (non-hydrogen) atoms. The molecule has 1 aromatic carbocycles. The molecule has 144 valence electrons. The van der Waals surface area contributed by atoms with Gasteiger partial charge in [0.2, 0.25) is 0 Å². The van der Waals surface area contributed by atoms with Crippen LogP contribution in [-0.2, 0) is 25.5 Å². The molecule has 0 unspecified atom stereocenters. The summed E-state index contributed by atoms with van der Waals surface area (Å²) in [4.78, 5) is 37.7. The van der Waals surface area contributed by atoms with Crippen molar-refractivity contribution in [2.45, 2.75) is 26.7 Å². The first-order valence-electron chi connectivity index (χ1n) is 8.77. The van der Waals surface area contributed by atoms with E-state index in [0.717, 1.165) is 18.5 Å². The van der Waals surface area contributed by atoms with Crippen LogP contribution in [0.3, 0.4) is 0 Å². The largest absolute Gasteiger partial charge is 0.465 e. The summed E-state index contributed by atoms with van der Waals surface area (Å²) in [5.41, 5.74) is 1.45. The zero-order chi connectivity index (χ0) is 19.6. The number of ether oxygens (including phenoxy) is 2. The second kappa shape index (κ2) is 10.1. The maximum atomic E-state index is 12.5. The number of para-hydroxylation sites is 1. The Morgan fingerprint density at radius 1 is 1.11 bits per heavy atom. The van der Waals surface area contributed by atoms with Crippen molar-refractivity contribution in [3.8, 4) is 0 Å². The van der Waals surface area contributed by atoms with Crippen LogP contribution in [0.4, 0.5) is 5.69 Å². The van der Waals surface area contributed by atoms with Crippen molar-refractivity contribution in [2.24, 2.45) is 0 Å². The Morgan fingerprint density at radius 3 is 2.52 bits per heavy atom. The number of nitrogens with zero attached hydrogens (tertiary/aromatic N) is 2. The minimum atomic E-state index is -0.703. The van der Waals surface area contributed by atoms with E-state index >= 15 is 0 Å². The van der Waals surface area contributed by atoms with Crippen LogP contribution in [-0.4, -0.2) is 47.8 Å². The smallest absolute Gasteiger partial charge is 0.359 e. The highest BCUT2D eigenvalue weighted by Crippen LogP contribution is 2.14. The first kappa shape index (κ1) is 20.2. The Balaban J connectivity index is 2.01. The van der Waals surface area contributed by atoms with E-state index in [0.29, 0.717) is 5.69 Å². The van der Waals surface area contributed by atoms with Crippen LogP contribution in [0.1, 0.15) is 36.5 Å². The number of hydrogen-bond acceptors (Lipinski definition) is 6. The average Bonchev–Trinajstić information content (AvgIpc) is 3.14. The number of anilines is 1. The van der Waals surface area contributed by atoms with Crippen LogP contribution in [0.25, 0.3) is 0 Å². The first-order chi connectivity index (χ1) is 13.0. The molecule has 1 aromatic heterocycles. The Labute approximate surface area is 157 Å². The molecule has 8 heteroatoms. The Bertz CT molecular complexity index is 773. The first-order valence-corrected chi connectivity index (χ1v) is 8.77. The standard InChI is InChI=1S/C19H23N3O5/c1-3-8-14-11-16(21-20-14)19(25)27-13-17(23)22(12-18(24)26-4-2)15-9-6-5-7-10-15/h5-7,9-11H,3-4,8,12-13H2,1-2H3,(H,20,21). The summed E-state index contributed by atoms with van der Waals surface area (Å²) in [6, 6.07) is 10.2. The van der Waals surface area contributed by atoms with Gasteiger partial charge in [-0.3, -0.25) is 19.6 Å². The van der Waals surface area contributed by atoms with Gasteiger partial charge in [-0.05, 0) is 31.5 Å². The maximum absolute atomic E-state index is 12.5. The summed E-state index contributed by atoms with van der Waals surface area (Å²) in [6.45, 7) is 3.13. The molecule has 2 rings (SSSR count). The lowest BCUT2D eigenvalue weighted by molar-refractivity contribution is -0.142. The van der Waals surface area contributed by atoms with Crippen molar-refractivity contribution in [1.82, 2.24) is 10.2 Å². The number of aromatic nitrogens is 2. The van der Waals surface area contributed by atoms with E-state index in [1.54, 1.807) is 43.3 Å². The molecule has 0 saturated carbocycles. The van der Waals surface area contributed by atoms with Gasteiger partial charge in [-0.15, -0.1) is 0 Å². The van der Waals surface area contributed by atoms with Gasteiger partial charge in [0, 0.05) is 11.4 Å². The number of hydrogen-bond donors (Lipinski definition) is 1. The monoisotopic (exact) mass is 373 g/mol. The molecule has 0 aliphatic carbocycles. The molecule has 0 fully saturated rings. The lowest BCUT2D eigenvalue weighted by Crippen LogP contribution is -2.39. The van der Waals surface area contributed by atoms with Gasteiger partial charge in [-0.2, -0.15) is 5.10 Å². The van der Waals surface area contributed by atoms with E-state index in [-0.39, 0.29) is 18.8 Å². The molecular formula is C19H23N3O5. The number of esters is 2. The highest BCUT2D eigenvalue weighted by molar-refractivity contribution is 5.99. The zero-order valence-corrected chi connectivity index (χ0v) is 15.4. The molecule has 0 aliphatic heterocycles. The van der Waals surface area contributed by atoms with Crippen molar-refractivity contribution < 1.29 is 23.9 Å². The molecule has 8 nitrogen and oxygen atoms in total. The number of nitrogens with one attached hydrogen (secondary N) is 1. The van der Waals surface area contributed by atoms with Crippen LogP contribution in [0.5, 0.6) is 0 Å². The Hall–Kier alpha value is -3.16. The fraction of sp³-hybridized carbons (Fsp3) is 0.368. The van der Waals surface area contributed by atoms with Crippen molar-refractivity contribution in [3.05, 3.63) is 47.8 Å². The van der Waals surface area contributed by atoms with E-state index in [1.165, 1.54) is 4.90 Å². The average molecular weight is 373 g/mol. The third-order valence-corrected chi connectivity index (χ3v) is 3.65. The summed E-state index contributed by atoms with van der Waals surface area (Å²) in [7, 11) is 0. The number of carbonyl (C=O) groups is 3. The summed E-state index contributed by atoms with van der Waals surface area (Å²) < 4.78 is 9.97. The minimum absolute atomic E-state index is 0.114. The van der Waals surface area contributed by atoms with Gasteiger partial charge in [0.25, 0.3) is 5.91 Å².